The molecule has 13 heavy (non-hydrogen) atoms. The molecule has 0 bridgehead atoms. The second kappa shape index (κ2) is 3.29. The number of hydrogen-bond acceptors (Lipinski definition) is 3. The van der Waals surface area contributed by atoms with E-state index in [0.717, 1.165) is 4.90 Å². The maximum atomic E-state index is 12.8. The molecule has 1 aliphatic rings. The van der Waals surface area contributed by atoms with Crippen LogP contribution in [0.1, 0.15) is 11.7 Å². The van der Waals surface area contributed by atoms with E-state index in [-0.39, 0.29) is 17.7 Å². The molecule has 1 aromatic carbocycles. The Balaban J connectivity index is 2.39. The number of aliphatic hydroxyl groups is 2. The Kier molecular flexibility index (Phi) is 2.27. The second-order valence-corrected chi connectivity index (χ2v) is 4.25. The number of benzene rings is 1. The lowest BCUT2D eigenvalue weighted by molar-refractivity contribution is 0.144. The van der Waals surface area contributed by atoms with Crippen molar-refractivity contribution in [2.75, 3.05) is 6.61 Å². The molecular weight excluding hydrogens is 191 g/mol. The molecule has 2 nitrogen and oxygen atoms in total. The first kappa shape index (κ1) is 8.99. The van der Waals surface area contributed by atoms with Crippen molar-refractivity contribution in [3.05, 3.63) is 29.6 Å². The second-order valence-electron chi connectivity index (χ2n) is 2.97. The smallest absolute Gasteiger partial charge is 0.123 e. The van der Waals surface area contributed by atoms with Gasteiger partial charge in [0.05, 0.1) is 18.0 Å². The summed E-state index contributed by atoms with van der Waals surface area (Å²) in [5.41, 5.74) is 0.587. The summed E-state index contributed by atoms with van der Waals surface area (Å²) >= 11 is 1.39. The molecule has 1 heterocycles. The van der Waals surface area contributed by atoms with Gasteiger partial charge in [-0.05, 0) is 23.8 Å². The van der Waals surface area contributed by atoms with Crippen molar-refractivity contribution in [2.24, 2.45) is 0 Å². The molecule has 2 unspecified atom stereocenters. The number of thioether (sulfide) groups is 1. The molecule has 2 atom stereocenters. The minimum atomic E-state index is -0.749. The average Bonchev–Trinajstić information content (AvgIpc) is 2.44. The first-order valence-electron chi connectivity index (χ1n) is 3.97. The van der Waals surface area contributed by atoms with Gasteiger partial charge in [-0.15, -0.1) is 11.8 Å². The van der Waals surface area contributed by atoms with Crippen LogP contribution in [0.3, 0.4) is 0 Å². The van der Waals surface area contributed by atoms with Gasteiger partial charge in [0.15, 0.2) is 0 Å². The van der Waals surface area contributed by atoms with Crippen LogP contribution in [-0.4, -0.2) is 22.1 Å². The molecule has 0 fully saturated rings. The van der Waals surface area contributed by atoms with Gasteiger partial charge in [0.1, 0.15) is 5.82 Å². The van der Waals surface area contributed by atoms with Crippen LogP contribution in [0.15, 0.2) is 23.1 Å². The Morgan fingerprint density at radius 1 is 1.46 bits per heavy atom. The Morgan fingerprint density at radius 2 is 2.23 bits per heavy atom. The van der Waals surface area contributed by atoms with Crippen LogP contribution in [-0.2, 0) is 0 Å². The quantitative estimate of drug-likeness (QED) is 0.718. The molecule has 1 aromatic rings. The fraction of sp³-hybridized carbons (Fsp3) is 0.333. The van der Waals surface area contributed by atoms with Crippen LogP contribution < -0.4 is 0 Å². The highest BCUT2D eigenvalue weighted by molar-refractivity contribution is 8.00. The van der Waals surface area contributed by atoms with E-state index in [2.05, 4.69) is 0 Å². The van der Waals surface area contributed by atoms with Crippen LogP contribution in [0.25, 0.3) is 0 Å². The minimum Gasteiger partial charge on any atom is -0.395 e. The van der Waals surface area contributed by atoms with E-state index in [1.165, 1.54) is 23.9 Å². The van der Waals surface area contributed by atoms with Crippen LogP contribution >= 0.6 is 11.8 Å². The van der Waals surface area contributed by atoms with Crippen molar-refractivity contribution in [3.8, 4) is 0 Å². The number of fused-ring (bicyclic) bond motifs is 1. The third kappa shape index (κ3) is 1.45. The Morgan fingerprint density at radius 3 is 2.92 bits per heavy atom. The summed E-state index contributed by atoms with van der Waals surface area (Å²) in [6, 6.07) is 4.31. The molecule has 0 saturated carbocycles. The highest BCUT2D eigenvalue weighted by Crippen LogP contribution is 2.43. The van der Waals surface area contributed by atoms with Gasteiger partial charge < -0.3 is 10.2 Å². The number of hydrogen-bond donors (Lipinski definition) is 2. The average molecular weight is 200 g/mol. The lowest BCUT2D eigenvalue weighted by Crippen LogP contribution is -2.13. The number of aliphatic hydroxyl groups excluding tert-OH is 2. The van der Waals surface area contributed by atoms with Crippen LogP contribution in [0.2, 0.25) is 0 Å². The Bertz CT molecular complexity index is 329. The summed E-state index contributed by atoms with van der Waals surface area (Å²) in [6.45, 7) is -0.0951. The fourth-order valence-electron chi connectivity index (χ4n) is 1.42. The van der Waals surface area contributed by atoms with Gasteiger partial charge in [0.25, 0.3) is 0 Å². The van der Waals surface area contributed by atoms with E-state index in [9.17, 15) is 9.50 Å². The molecular formula is C9H9FO2S. The third-order valence-corrected chi connectivity index (χ3v) is 3.44. The van der Waals surface area contributed by atoms with Crippen molar-refractivity contribution in [1.82, 2.24) is 0 Å². The maximum absolute atomic E-state index is 12.8. The van der Waals surface area contributed by atoms with Gasteiger partial charge in [-0.1, -0.05) is 0 Å². The van der Waals surface area contributed by atoms with Gasteiger partial charge in [-0.2, -0.15) is 0 Å². The normalized spacial score (nSPS) is 26.1. The first-order valence-corrected chi connectivity index (χ1v) is 4.85. The molecule has 0 aliphatic carbocycles. The summed E-state index contributed by atoms with van der Waals surface area (Å²) in [4.78, 5) is 0.855. The highest BCUT2D eigenvalue weighted by Gasteiger charge is 2.31. The Hall–Kier alpha value is -0.580. The molecule has 0 saturated heterocycles. The van der Waals surface area contributed by atoms with Crippen molar-refractivity contribution >= 4 is 11.8 Å². The zero-order valence-corrected chi connectivity index (χ0v) is 7.59. The summed E-state index contributed by atoms with van der Waals surface area (Å²) in [5.74, 6) is -0.350. The van der Waals surface area contributed by atoms with E-state index in [1.54, 1.807) is 6.07 Å². The summed E-state index contributed by atoms with van der Waals surface area (Å²) < 4.78 is 12.8. The third-order valence-electron chi connectivity index (χ3n) is 2.10. The van der Waals surface area contributed by atoms with Crippen LogP contribution in [0.5, 0.6) is 0 Å². The molecule has 0 radical (unpaired) electrons. The molecule has 0 amide bonds. The van der Waals surface area contributed by atoms with Crippen molar-refractivity contribution in [3.63, 3.8) is 0 Å². The fourth-order valence-corrected chi connectivity index (χ4v) is 2.56. The van der Waals surface area contributed by atoms with Crippen molar-refractivity contribution < 1.29 is 14.6 Å². The summed E-state index contributed by atoms with van der Waals surface area (Å²) in [7, 11) is 0. The standard InChI is InChI=1S/C9H9FO2S/c10-5-1-2-7-6(3-5)9(12)8(4-11)13-7/h1-3,8-9,11-12H,4H2. The maximum Gasteiger partial charge on any atom is 0.123 e. The zero-order chi connectivity index (χ0) is 9.42. The molecule has 70 valence electrons. The van der Waals surface area contributed by atoms with Crippen molar-refractivity contribution in [1.29, 1.82) is 0 Å². The number of rotatable bonds is 1. The topological polar surface area (TPSA) is 40.5 Å². The van der Waals surface area contributed by atoms with E-state index >= 15 is 0 Å². The van der Waals surface area contributed by atoms with E-state index < -0.39 is 6.10 Å². The lowest BCUT2D eigenvalue weighted by Gasteiger charge is -2.09. The highest BCUT2D eigenvalue weighted by atomic mass is 32.2. The van der Waals surface area contributed by atoms with E-state index in [1.807, 2.05) is 0 Å². The largest absolute Gasteiger partial charge is 0.395 e. The molecule has 2 N–H and O–H groups in total. The number of halogens is 1. The monoisotopic (exact) mass is 200 g/mol. The minimum absolute atomic E-state index is 0.0951. The van der Waals surface area contributed by atoms with Gasteiger partial charge in [0, 0.05) is 4.90 Å². The van der Waals surface area contributed by atoms with Crippen molar-refractivity contribution in [2.45, 2.75) is 16.2 Å². The van der Waals surface area contributed by atoms with Gasteiger partial charge in [-0.3, -0.25) is 0 Å². The zero-order valence-electron chi connectivity index (χ0n) is 6.77. The van der Waals surface area contributed by atoms with E-state index in [4.69, 9.17) is 5.11 Å². The van der Waals surface area contributed by atoms with Gasteiger partial charge >= 0.3 is 0 Å². The molecule has 0 spiro atoms. The van der Waals surface area contributed by atoms with E-state index in [0.29, 0.717) is 5.56 Å². The SMILES string of the molecule is OCC1Sc2ccc(F)cc2C1O. The first-order chi connectivity index (χ1) is 6.22. The molecule has 1 aliphatic heterocycles. The molecule has 2 rings (SSSR count). The van der Waals surface area contributed by atoms with Gasteiger partial charge in [0.2, 0.25) is 0 Å². The van der Waals surface area contributed by atoms with Crippen LogP contribution in [0.4, 0.5) is 4.39 Å². The molecule has 4 heteroatoms. The Labute approximate surface area is 79.4 Å². The molecule has 0 aromatic heterocycles. The summed E-state index contributed by atoms with van der Waals surface area (Å²) in [5, 5.41) is 18.3. The predicted octanol–water partition coefficient (Wildman–Crippen LogP) is 1.33. The van der Waals surface area contributed by atoms with Gasteiger partial charge in [-0.25, -0.2) is 4.39 Å². The van der Waals surface area contributed by atoms with Crippen LogP contribution in [0, 0.1) is 5.82 Å². The lowest BCUT2D eigenvalue weighted by atomic mass is 10.1. The predicted molar refractivity (Wildman–Crippen MR) is 48.1 cm³/mol. The summed E-state index contributed by atoms with van der Waals surface area (Å²) in [6.07, 6.45) is -0.749.